The van der Waals surface area contributed by atoms with Gasteiger partial charge in [0.2, 0.25) is 5.91 Å². The number of alkyl halides is 1. The van der Waals surface area contributed by atoms with Crippen LogP contribution in [0.2, 0.25) is 0 Å². The number of hydrogen-bond acceptors (Lipinski definition) is 1. The molecule has 0 heterocycles. The molecule has 0 bridgehead atoms. The van der Waals surface area contributed by atoms with E-state index in [-0.39, 0.29) is 5.92 Å². The van der Waals surface area contributed by atoms with Gasteiger partial charge in [0.1, 0.15) is 0 Å². The Bertz CT molecular complexity index is 255. The fraction of sp³-hybridized carbons (Fsp3) is 0.929. The Morgan fingerprint density at radius 2 is 1.82 bits per heavy atom. The second kappa shape index (κ2) is 6.08. The molecular formula is C14H24ClNO. The Morgan fingerprint density at radius 3 is 2.35 bits per heavy atom. The van der Waals surface area contributed by atoms with Crippen molar-refractivity contribution in [1.82, 2.24) is 5.32 Å². The maximum atomic E-state index is 12.1. The molecule has 2 aliphatic rings. The molecule has 0 radical (unpaired) electrons. The normalized spacial score (nSPS) is 24.1. The standard InChI is InChI=1S/C14H24ClNO/c15-10-9-14(7-8-14)11-16-13(17)12-5-3-1-2-4-6-12/h12H,1-11H2,(H,16,17). The van der Waals surface area contributed by atoms with E-state index in [9.17, 15) is 4.79 Å². The quantitative estimate of drug-likeness (QED) is 0.593. The lowest BCUT2D eigenvalue weighted by atomic mass is 9.98. The largest absolute Gasteiger partial charge is 0.355 e. The van der Waals surface area contributed by atoms with Crippen molar-refractivity contribution in [2.75, 3.05) is 12.4 Å². The third-order valence-corrected chi connectivity index (χ3v) is 4.63. The van der Waals surface area contributed by atoms with E-state index in [0.29, 0.717) is 11.3 Å². The van der Waals surface area contributed by atoms with Crippen LogP contribution in [0.25, 0.3) is 0 Å². The number of carbonyl (C=O) groups is 1. The number of halogens is 1. The summed E-state index contributed by atoms with van der Waals surface area (Å²) in [5, 5.41) is 3.17. The fourth-order valence-electron chi connectivity index (χ4n) is 2.85. The van der Waals surface area contributed by atoms with Gasteiger partial charge in [0, 0.05) is 18.3 Å². The van der Waals surface area contributed by atoms with Crippen LogP contribution in [0, 0.1) is 11.3 Å². The summed E-state index contributed by atoms with van der Waals surface area (Å²) < 4.78 is 0. The lowest BCUT2D eigenvalue weighted by molar-refractivity contribution is -0.125. The first-order valence-corrected chi connectivity index (χ1v) is 7.63. The van der Waals surface area contributed by atoms with Crippen molar-refractivity contribution in [1.29, 1.82) is 0 Å². The summed E-state index contributed by atoms with van der Waals surface area (Å²) in [7, 11) is 0. The molecule has 2 aliphatic carbocycles. The van der Waals surface area contributed by atoms with Crippen LogP contribution in [-0.2, 0) is 4.79 Å². The van der Waals surface area contributed by atoms with Crippen LogP contribution in [0.3, 0.4) is 0 Å². The van der Waals surface area contributed by atoms with Gasteiger partial charge >= 0.3 is 0 Å². The van der Waals surface area contributed by atoms with Crippen molar-refractivity contribution >= 4 is 17.5 Å². The van der Waals surface area contributed by atoms with Gasteiger partial charge in [-0.3, -0.25) is 4.79 Å². The second-order valence-electron chi connectivity index (χ2n) is 5.85. The average molecular weight is 258 g/mol. The van der Waals surface area contributed by atoms with Crippen LogP contribution in [0.15, 0.2) is 0 Å². The first-order valence-electron chi connectivity index (χ1n) is 7.09. The summed E-state index contributed by atoms with van der Waals surface area (Å²) in [6.07, 6.45) is 10.8. The van der Waals surface area contributed by atoms with Crippen LogP contribution >= 0.6 is 11.6 Å². The Hall–Kier alpha value is -0.240. The second-order valence-corrected chi connectivity index (χ2v) is 6.22. The molecule has 0 aromatic rings. The molecule has 2 rings (SSSR count). The SMILES string of the molecule is O=C(NCC1(CCCl)CC1)C1CCCCCC1. The minimum Gasteiger partial charge on any atom is -0.355 e. The van der Waals surface area contributed by atoms with E-state index >= 15 is 0 Å². The smallest absolute Gasteiger partial charge is 0.223 e. The van der Waals surface area contributed by atoms with Crippen LogP contribution in [0.1, 0.15) is 57.8 Å². The maximum Gasteiger partial charge on any atom is 0.223 e. The van der Waals surface area contributed by atoms with Gasteiger partial charge in [0.15, 0.2) is 0 Å². The van der Waals surface area contributed by atoms with E-state index in [1.807, 2.05) is 0 Å². The van der Waals surface area contributed by atoms with E-state index in [1.54, 1.807) is 0 Å². The van der Waals surface area contributed by atoms with Gasteiger partial charge in [0.05, 0.1) is 0 Å². The summed E-state index contributed by atoms with van der Waals surface area (Å²) in [5.41, 5.74) is 0.363. The number of hydrogen-bond donors (Lipinski definition) is 1. The van der Waals surface area contributed by atoms with Gasteiger partial charge in [-0.25, -0.2) is 0 Å². The average Bonchev–Trinajstić information content (AvgIpc) is 3.10. The van der Waals surface area contributed by atoms with Crippen molar-refractivity contribution in [2.45, 2.75) is 57.8 Å². The Morgan fingerprint density at radius 1 is 1.18 bits per heavy atom. The Kier molecular flexibility index (Phi) is 4.72. The minimum atomic E-state index is 0.282. The van der Waals surface area contributed by atoms with E-state index in [2.05, 4.69) is 5.32 Å². The van der Waals surface area contributed by atoms with E-state index < -0.39 is 0 Å². The monoisotopic (exact) mass is 257 g/mol. The lowest BCUT2D eigenvalue weighted by Gasteiger charge is -2.18. The fourth-order valence-corrected chi connectivity index (χ4v) is 3.25. The molecule has 0 aromatic heterocycles. The van der Waals surface area contributed by atoms with Gasteiger partial charge in [-0.15, -0.1) is 11.6 Å². The van der Waals surface area contributed by atoms with Crippen LogP contribution in [0.5, 0.6) is 0 Å². The Balaban J connectivity index is 1.72. The van der Waals surface area contributed by atoms with Crippen LogP contribution in [0.4, 0.5) is 0 Å². The molecule has 0 aromatic carbocycles. The summed E-state index contributed by atoms with van der Waals surface area (Å²) in [5.74, 6) is 1.30. The third kappa shape index (κ3) is 3.87. The molecule has 98 valence electrons. The number of carbonyl (C=O) groups excluding carboxylic acids is 1. The van der Waals surface area contributed by atoms with Crippen molar-refractivity contribution in [3.63, 3.8) is 0 Å². The zero-order valence-corrected chi connectivity index (χ0v) is 11.4. The first kappa shape index (κ1) is 13.2. The van der Waals surface area contributed by atoms with Gasteiger partial charge in [-0.2, -0.15) is 0 Å². The van der Waals surface area contributed by atoms with E-state index in [0.717, 1.165) is 31.7 Å². The highest BCUT2D eigenvalue weighted by molar-refractivity contribution is 6.17. The van der Waals surface area contributed by atoms with E-state index in [1.165, 1.54) is 38.5 Å². The zero-order valence-electron chi connectivity index (χ0n) is 10.6. The predicted molar refractivity (Wildman–Crippen MR) is 71.2 cm³/mol. The first-order chi connectivity index (χ1) is 8.26. The molecule has 2 saturated carbocycles. The molecule has 0 saturated heterocycles. The zero-order chi connectivity index (χ0) is 12.1. The molecule has 1 amide bonds. The van der Waals surface area contributed by atoms with Gasteiger partial charge in [-0.05, 0) is 37.5 Å². The van der Waals surface area contributed by atoms with E-state index in [4.69, 9.17) is 11.6 Å². The van der Waals surface area contributed by atoms with Crippen molar-refractivity contribution in [3.8, 4) is 0 Å². The molecule has 3 heteroatoms. The molecule has 2 nitrogen and oxygen atoms in total. The summed E-state index contributed by atoms with van der Waals surface area (Å²) in [4.78, 5) is 12.1. The molecule has 17 heavy (non-hydrogen) atoms. The summed E-state index contributed by atoms with van der Waals surface area (Å²) in [6, 6.07) is 0. The summed E-state index contributed by atoms with van der Waals surface area (Å²) >= 11 is 5.80. The number of nitrogens with one attached hydrogen (secondary N) is 1. The molecular weight excluding hydrogens is 234 g/mol. The Labute approximate surface area is 109 Å². The van der Waals surface area contributed by atoms with Crippen molar-refractivity contribution < 1.29 is 4.79 Å². The summed E-state index contributed by atoms with van der Waals surface area (Å²) in [6.45, 7) is 0.856. The molecule has 0 aliphatic heterocycles. The molecule has 0 spiro atoms. The lowest BCUT2D eigenvalue weighted by Crippen LogP contribution is -2.35. The minimum absolute atomic E-state index is 0.282. The van der Waals surface area contributed by atoms with Crippen molar-refractivity contribution in [2.24, 2.45) is 11.3 Å². The molecule has 1 N–H and O–H groups in total. The highest BCUT2D eigenvalue weighted by atomic mass is 35.5. The number of amides is 1. The van der Waals surface area contributed by atoms with Crippen LogP contribution in [-0.4, -0.2) is 18.3 Å². The number of rotatable bonds is 5. The molecule has 0 unspecified atom stereocenters. The van der Waals surface area contributed by atoms with Gasteiger partial charge in [0.25, 0.3) is 0 Å². The topological polar surface area (TPSA) is 29.1 Å². The highest BCUT2D eigenvalue weighted by Gasteiger charge is 2.42. The third-order valence-electron chi connectivity index (χ3n) is 4.45. The molecule has 2 fully saturated rings. The van der Waals surface area contributed by atoms with Crippen molar-refractivity contribution in [3.05, 3.63) is 0 Å². The van der Waals surface area contributed by atoms with Gasteiger partial charge < -0.3 is 5.32 Å². The predicted octanol–water partition coefficient (Wildman–Crippen LogP) is 3.48. The van der Waals surface area contributed by atoms with Gasteiger partial charge in [-0.1, -0.05) is 25.7 Å². The highest BCUT2D eigenvalue weighted by Crippen LogP contribution is 2.48. The van der Waals surface area contributed by atoms with Crippen LogP contribution < -0.4 is 5.32 Å². The maximum absolute atomic E-state index is 12.1. The molecule has 0 atom stereocenters.